The lowest BCUT2D eigenvalue weighted by molar-refractivity contribution is -0.113. The van der Waals surface area contributed by atoms with Crippen LogP contribution in [-0.2, 0) is 11.3 Å². The molecule has 7 nitrogen and oxygen atoms in total. The molecule has 32 heavy (non-hydrogen) atoms. The molecule has 0 aliphatic heterocycles. The number of anilines is 1. The number of aryl methyl sites for hydroxylation is 1. The van der Waals surface area contributed by atoms with E-state index in [1.807, 2.05) is 42.7 Å². The number of hydrogen-bond acceptors (Lipinski definition) is 6. The lowest BCUT2D eigenvalue weighted by Crippen LogP contribution is -2.16. The first-order valence-corrected chi connectivity index (χ1v) is 11.3. The molecular formula is C23H25ClN4O3S. The predicted molar refractivity (Wildman–Crippen MR) is 128 cm³/mol. The SMILES string of the molecule is C=CCn1c(SCC(=O)Nc2ccccc2OC)nnc1C(C)Oc1cc(C)ccc1Cl. The maximum atomic E-state index is 12.5. The quantitative estimate of drug-likeness (QED) is 0.318. The number of carbonyl (C=O) groups is 1. The molecular weight excluding hydrogens is 448 g/mol. The molecule has 168 valence electrons. The monoisotopic (exact) mass is 472 g/mol. The number of para-hydroxylation sites is 2. The van der Waals surface area contributed by atoms with Gasteiger partial charge in [-0.3, -0.25) is 9.36 Å². The first kappa shape index (κ1) is 23.7. The molecule has 0 aliphatic rings. The summed E-state index contributed by atoms with van der Waals surface area (Å²) in [6.07, 6.45) is 1.34. The molecule has 0 bridgehead atoms. The van der Waals surface area contributed by atoms with E-state index in [9.17, 15) is 4.79 Å². The normalized spacial score (nSPS) is 11.6. The Hall–Kier alpha value is -2.97. The van der Waals surface area contributed by atoms with Crippen molar-refractivity contribution in [3.05, 3.63) is 71.5 Å². The van der Waals surface area contributed by atoms with Crippen LogP contribution in [0.5, 0.6) is 11.5 Å². The van der Waals surface area contributed by atoms with Gasteiger partial charge in [0.05, 0.1) is 23.6 Å². The van der Waals surface area contributed by atoms with Gasteiger partial charge in [0.1, 0.15) is 11.5 Å². The standard InChI is InChI=1S/C23H25ClN4O3S/c1-5-12-28-22(16(3)31-20-13-15(2)10-11-17(20)24)26-27-23(28)32-14-21(29)25-18-8-6-7-9-19(18)30-4/h5-11,13,16H,1,12,14H2,2-4H3,(H,25,29). The molecule has 1 aromatic heterocycles. The number of carbonyl (C=O) groups excluding carboxylic acids is 1. The topological polar surface area (TPSA) is 78.3 Å². The molecule has 0 radical (unpaired) electrons. The van der Waals surface area contributed by atoms with Crippen LogP contribution in [0, 0.1) is 6.92 Å². The Labute approximate surface area is 196 Å². The predicted octanol–water partition coefficient (Wildman–Crippen LogP) is 5.31. The van der Waals surface area contributed by atoms with E-state index in [0.717, 1.165) is 5.56 Å². The zero-order valence-corrected chi connectivity index (χ0v) is 19.7. The molecule has 0 spiro atoms. The number of halogens is 1. The summed E-state index contributed by atoms with van der Waals surface area (Å²) in [6, 6.07) is 12.9. The largest absolute Gasteiger partial charge is 0.495 e. The van der Waals surface area contributed by atoms with Crippen molar-refractivity contribution in [1.29, 1.82) is 0 Å². The maximum absolute atomic E-state index is 12.5. The van der Waals surface area contributed by atoms with Crippen molar-refractivity contribution in [2.75, 3.05) is 18.2 Å². The number of benzene rings is 2. The molecule has 3 aromatic rings. The number of thioether (sulfide) groups is 1. The number of hydrogen-bond donors (Lipinski definition) is 1. The molecule has 9 heteroatoms. The average molecular weight is 473 g/mol. The Morgan fingerprint density at radius 2 is 2.06 bits per heavy atom. The number of rotatable bonds is 10. The number of aromatic nitrogens is 3. The molecule has 1 N–H and O–H groups in total. The zero-order valence-electron chi connectivity index (χ0n) is 18.2. The number of amides is 1. The van der Waals surface area contributed by atoms with Crippen molar-refractivity contribution in [3.8, 4) is 11.5 Å². The maximum Gasteiger partial charge on any atom is 0.234 e. The van der Waals surface area contributed by atoms with Gasteiger partial charge in [-0.15, -0.1) is 16.8 Å². The molecule has 1 atom stereocenters. The van der Waals surface area contributed by atoms with E-state index in [0.29, 0.717) is 39.7 Å². The van der Waals surface area contributed by atoms with Gasteiger partial charge in [0.25, 0.3) is 0 Å². The summed E-state index contributed by atoms with van der Waals surface area (Å²) in [5, 5.41) is 12.5. The van der Waals surface area contributed by atoms with Gasteiger partial charge in [-0.2, -0.15) is 0 Å². The van der Waals surface area contributed by atoms with Gasteiger partial charge in [0, 0.05) is 6.54 Å². The van der Waals surface area contributed by atoms with E-state index in [2.05, 4.69) is 22.1 Å². The molecule has 2 aromatic carbocycles. The van der Waals surface area contributed by atoms with Gasteiger partial charge in [0.15, 0.2) is 17.1 Å². The van der Waals surface area contributed by atoms with Gasteiger partial charge in [-0.25, -0.2) is 0 Å². The Kier molecular flexibility index (Phi) is 8.19. The van der Waals surface area contributed by atoms with Gasteiger partial charge < -0.3 is 14.8 Å². The van der Waals surface area contributed by atoms with Crippen LogP contribution in [0.3, 0.4) is 0 Å². The third kappa shape index (κ3) is 5.83. The minimum Gasteiger partial charge on any atom is -0.495 e. The molecule has 1 amide bonds. The summed E-state index contributed by atoms with van der Waals surface area (Å²) in [5.74, 6) is 1.79. The molecule has 0 fully saturated rings. The highest BCUT2D eigenvalue weighted by Gasteiger charge is 2.21. The Bertz CT molecular complexity index is 1100. The highest BCUT2D eigenvalue weighted by molar-refractivity contribution is 7.99. The van der Waals surface area contributed by atoms with Gasteiger partial charge >= 0.3 is 0 Å². The van der Waals surface area contributed by atoms with Gasteiger partial charge in [0.2, 0.25) is 5.91 Å². The number of nitrogens with one attached hydrogen (secondary N) is 1. The number of nitrogens with zero attached hydrogens (tertiary/aromatic N) is 3. The number of ether oxygens (including phenoxy) is 2. The van der Waals surface area contributed by atoms with E-state index in [4.69, 9.17) is 21.1 Å². The van der Waals surface area contributed by atoms with Crippen molar-refractivity contribution in [3.63, 3.8) is 0 Å². The first-order chi connectivity index (χ1) is 15.4. The van der Waals surface area contributed by atoms with Crippen LogP contribution < -0.4 is 14.8 Å². The van der Waals surface area contributed by atoms with Crippen molar-refractivity contribution in [2.24, 2.45) is 0 Å². The smallest absolute Gasteiger partial charge is 0.234 e. The Morgan fingerprint density at radius 3 is 2.81 bits per heavy atom. The van der Waals surface area contributed by atoms with E-state index < -0.39 is 6.10 Å². The van der Waals surface area contributed by atoms with Gasteiger partial charge in [-0.05, 0) is 43.7 Å². The Balaban J connectivity index is 1.70. The molecule has 3 rings (SSSR count). The van der Waals surface area contributed by atoms with Crippen LogP contribution in [0.2, 0.25) is 5.02 Å². The van der Waals surface area contributed by atoms with Crippen LogP contribution in [-0.4, -0.2) is 33.5 Å². The fourth-order valence-corrected chi connectivity index (χ4v) is 3.93. The van der Waals surface area contributed by atoms with E-state index in [1.54, 1.807) is 31.4 Å². The van der Waals surface area contributed by atoms with E-state index in [1.165, 1.54) is 11.8 Å². The van der Waals surface area contributed by atoms with Gasteiger partial charge in [-0.1, -0.05) is 47.6 Å². The lowest BCUT2D eigenvalue weighted by atomic mass is 10.2. The minimum atomic E-state index is -0.404. The second-order valence-electron chi connectivity index (χ2n) is 6.97. The van der Waals surface area contributed by atoms with E-state index >= 15 is 0 Å². The van der Waals surface area contributed by atoms with E-state index in [-0.39, 0.29) is 11.7 Å². The molecule has 0 saturated carbocycles. The fourth-order valence-electron chi connectivity index (χ4n) is 3.02. The zero-order chi connectivity index (χ0) is 23.1. The fraction of sp³-hybridized carbons (Fsp3) is 0.261. The second-order valence-corrected chi connectivity index (χ2v) is 8.32. The molecule has 1 heterocycles. The second kappa shape index (κ2) is 11.1. The summed E-state index contributed by atoms with van der Waals surface area (Å²) in [4.78, 5) is 12.5. The van der Waals surface area contributed by atoms with Crippen molar-refractivity contribution in [2.45, 2.75) is 31.7 Å². The third-order valence-electron chi connectivity index (χ3n) is 4.52. The van der Waals surface area contributed by atoms with Crippen molar-refractivity contribution >= 4 is 35.0 Å². The Morgan fingerprint density at radius 1 is 1.28 bits per heavy atom. The summed E-state index contributed by atoms with van der Waals surface area (Å²) >= 11 is 7.55. The molecule has 0 aliphatic carbocycles. The number of allylic oxidation sites excluding steroid dienone is 1. The van der Waals surface area contributed by atoms with Crippen LogP contribution in [0.1, 0.15) is 24.4 Å². The number of methoxy groups -OCH3 is 1. The van der Waals surface area contributed by atoms with Crippen LogP contribution in [0.15, 0.2) is 60.3 Å². The highest BCUT2D eigenvalue weighted by atomic mass is 35.5. The highest BCUT2D eigenvalue weighted by Crippen LogP contribution is 2.31. The lowest BCUT2D eigenvalue weighted by Gasteiger charge is -2.17. The summed E-state index contributed by atoms with van der Waals surface area (Å²) in [7, 11) is 1.56. The summed E-state index contributed by atoms with van der Waals surface area (Å²) < 4.78 is 13.2. The summed E-state index contributed by atoms with van der Waals surface area (Å²) in [6.45, 7) is 8.15. The van der Waals surface area contributed by atoms with Crippen LogP contribution in [0.25, 0.3) is 0 Å². The molecule has 1 unspecified atom stereocenters. The van der Waals surface area contributed by atoms with Crippen LogP contribution >= 0.6 is 23.4 Å². The van der Waals surface area contributed by atoms with Crippen molar-refractivity contribution in [1.82, 2.24) is 14.8 Å². The third-order valence-corrected chi connectivity index (χ3v) is 5.80. The minimum absolute atomic E-state index is 0.159. The molecule has 0 saturated heterocycles. The van der Waals surface area contributed by atoms with Crippen LogP contribution in [0.4, 0.5) is 5.69 Å². The summed E-state index contributed by atoms with van der Waals surface area (Å²) in [5.41, 5.74) is 1.66. The average Bonchev–Trinajstić information content (AvgIpc) is 3.18. The first-order valence-electron chi connectivity index (χ1n) is 9.95. The van der Waals surface area contributed by atoms with Crippen molar-refractivity contribution < 1.29 is 14.3 Å².